The first-order chi connectivity index (χ1) is 16.8. The molecule has 3 amide bonds. The Hall–Kier alpha value is -3.26. The van der Waals surface area contributed by atoms with Crippen LogP contribution in [-0.4, -0.2) is 71.2 Å². The first-order valence-corrected chi connectivity index (χ1v) is 12.2. The van der Waals surface area contributed by atoms with Crippen LogP contribution < -0.4 is 5.32 Å². The normalized spacial score (nSPS) is 18.3. The van der Waals surface area contributed by atoms with Gasteiger partial charge >= 0.3 is 0 Å². The number of halogens is 1. The molecule has 0 aliphatic carbocycles. The van der Waals surface area contributed by atoms with Crippen molar-refractivity contribution in [3.63, 3.8) is 0 Å². The highest BCUT2D eigenvalue weighted by Crippen LogP contribution is 2.26. The average Bonchev–Trinajstić information content (AvgIpc) is 2.84. The highest BCUT2D eigenvalue weighted by Gasteiger charge is 2.37. The van der Waals surface area contributed by atoms with Crippen molar-refractivity contribution in [2.45, 2.75) is 39.3 Å². The van der Waals surface area contributed by atoms with Crippen molar-refractivity contribution < 1.29 is 18.8 Å². The van der Waals surface area contributed by atoms with E-state index in [1.54, 1.807) is 4.90 Å². The molecule has 0 spiro atoms. The van der Waals surface area contributed by atoms with Crippen LogP contribution in [0.2, 0.25) is 0 Å². The number of nitrogens with one attached hydrogen (secondary N) is 1. The lowest BCUT2D eigenvalue weighted by Gasteiger charge is -2.41. The molecule has 1 saturated heterocycles. The molecular weight excluding hydrogens is 447 g/mol. The maximum atomic E-state index is 13.6. The molecule has 0 bridgehead atoms. The Labute approximate surface area is 205 Å². The molecule has 1 N–H and O–H groups in total. The van der Waals surface area contributed by atoms with Gasteiger partial charge in [0.2, 0.25) is 17.7 Å². The van der Waals surface area contributed by atoms with E-state index in [9.17, 15) is 18.8 Å². The number of carbonyl (C=O) groups is 3. The first-order valence-electron chi connectivity index (χ1n) is 12.2. The van der Waals surface area contributed by atoms with E-state index in [4.69, 9.17) is 0 Å². The number of nitrogens with zero attached hydrogens (tertiary/aromatic N) is 3. The van der Waals surface area contributed by atoms with E-state index < -0.39 is 6.04 Å². The van der Waals surface area contributed by atoms with Crippen LogP contribution in [0.4, 0.5) is 10.1 Å². The molecule has 2 aliphatic heterocycles. The summed E-state index contributed by atoms with van der Waals surface area (Å²) in [4.78, 5) is 44.6. The molecule has 0 saturated carbocycles. The van der Waals surface area contributed by atoms with Gasteiger partial charge in [-0.15, -0.1) is 0 Å². The van der Waals surface area contributed by atoms with Crippen molar-refractivity contribution in [1.82, 2.24) is 14.7 Å². The van der Waals surface area contributed by atoms with Crippen molar-refractivity contribution in [3.05, 3.63) is 65.5 Å². The third-order valence-electron chi connectivity index (χ3n) is 6.62. The molecule has 2 heterocycles. The Morgan fingerprint density at radius 3 is 2.29 bits per heavy atom. The van der Waals surface area contributed by atoms with Gasteiger partial charge in [-0.3, -0.25) is 19.3 Å². The third-order valence-corrected chi connectivity index (χ3v) is 6.62. The molecule has 2 aliphatic rings. The fraction of sp³-hybridized carbons (Fsp3) is 0.444. The van der Waals surface area contributed by atoms with Crippen LogP contribution in [0.15, 0.2) is 48.5 Å². The maximum Gasteiger partial charge on any atom is 0.245 e. The summed E-state index contributed by atoms with van der Waals surface area (Å²) in [6.45, 7) is 6.85. The van der Waals surface area contributed by atoms with Gasteiger partial charge in [-0.1, -0.05) is 38.1 Å². The fourth-order valence-corrected chi connectivity index (χ4v) is 4.75. The summed E-state index contributed by atoms with van der Waals surface area (Å²) in [6, 6.07) is 13.2. The lowest BCUT2D eigenvalue weighted by Crippen LogP contribution is -2.58. The van der Waals surface area contributed by atoms with Crippen LogP contribution in [0.3, 0.4) is 0 Å². The van der Waals surface area contributed by atoms with Gasteiger partial charge in [-0.25, -0.2) is 4.39 Å². The topological polar surface area (TPSA) is 73.0 Å². The number of piperazine rings is 1. The summed E-state index contributed by atoms with van der Waals surface area (Å²) in [5, 5.41) is 2.77. The van der Waals surface area contributed by atoms with E-state index in [0.29, 0.717) is 51.3 Å². The Balaban J connectivity index is 1.35. The Kier molecular flexibility index (Phi) is 7.80. The van der Waals surface area contributed by atoms with Crippen LogP contribution in [0.25, 0.3) is 0 Å². The Bertz CT molecular complexity index is 1060. The zero-order chi connectivity index (χ0) is 24.9. The van der Waals surface area contributed by atoms with E-state index >= 15 is 0 Å². The molecule has 1 atom stereocenters. The second-order valence-corrected chi connectivity index (χ2v) is 9.76. The predicted molar refractivity (Wildman–Crippen MR) is 132 cm³/mol. The number of benzene rings is 2. The number of hydrogen-bond donors (Lipinski definition) is 1. The van der Waals surface area contributed by atoms with Gasteiger partial charge < -0.3 is 15.1 Å². The predicted octanol–water partition coefficient (Wildman–Crippen LogP) is 2.91. The number of hydrogen-bond acceptors (Lipinski definition) is 4. The summed E-state index contributed by atoms with van der Waals surface area (Å²) in [7, 11) is 0. The van der Waals surface area contributed by atoms with Crippen LogP contribution in [0.5, 0.6) is 0 Å². The molecule has 35 heavy (non-hydrogen) atoms. The van der Waals surface area contributed by atoms with Gasteiger partial charge in [0.15, 0.2) is 0 Å². The minimum Gasteiger partial charge on any atom is -0.338 e. The number of carbonyl (C=O) groups excluding carboxylic acids is 3. The van der Waals surface area contributed by atoms with Crippen molar-refractivity contribution in [2.24, 2.45) is 5.92 Å². The van der Waals surface area contributed by atoms with E-state index in [1.807, 2.05) is 47.9 Å². The standard InChI is InChI=1S/C27H33FN4O3/c1-19(2)15-26(34)32-17-21-6-4-3-5-20(21)16-24(32)27(35)31-13-11-30(12-14-31)18-25(33)29-23-9-7-22(28)8-10-23/h3-10,19,24H,11-18H2,1-2H3,(H,29,33). The number of anilines is 1. The van der Waals surface area contributed by atoms with E-state index in [1.165, 1.54) is 24.3 Å². The molecule has 2 aromatic rings. The molecule has 7 nitrogen and oxygen atoms in total. The third kappa shape index (κ3) is 6.25. The zero-order valence-corrected chi connectivity index (χ0v) is 20.4. The molecule has 0 radical (unpaired) electrons. The highest BCUT2D eigenvalue weighted by atomic mass is 19.1. The molecule has 8 heteroatoms. The Morgan fingerprint density at radius 1 is 0.971 bits per heavy atom. The monoisotopic (exact) mass is 480 g/mol. The SMILES string of the molecule is CC(C)CC(=O)N1Cc2ccccc2CC1C(=O)N1CCN(CC(=O)Nc2ccc(F)cc2)CC1. The molecule has 2 aromatic carbocycles. The minimum atomic E-state index is -0.496. The highest BCUT2D eigenvalue weighted by molar-refractivity contribution is 5.92. The van der Waals surface area contributed by atoms with Crippen molar-refractivity contribution in [2.75, 3.05) is 38.0 Å². The van der Waals surface area contributed by atoms with Crippen LogP contribution in [0, 0.1) is 11.7 Å². The summed E-state index contributed by atoms with van der Waals surface area (Å²) >= 11 is 0. The second kappa shape index (κ2) is 11.0. The van der Waals surface area contributed by atoms with Crippen molar-refractivity contribution in [3.8, 4) is 0 Å². The van der Waals surface area contributed by atoms with Gasteiger partial charge in [0.05, 0.1) is 6.54 Å². The average molecular weight is 481 g/mol. The molecule has 1 unspecified atom stereocenters. The Morgan fingerprint density at radius 2 is 1.63 bits per heavy atom. The maximum absolute atomic E-state index is 13.6. The van der Waals surface area contributed by atoms with Crippen LogP contribution >= 0.6 is 0 Å². The molecule has 186 valence electrons. The summed E-state index contributed by atoms with van der Waals surface area (Å²) in [5.41, 5.74) is 2.77. The van der Waals surface area contributed by atoms with E-state index in [-0.39, 0.29) is 36.0 Å². The zero-order valence-electron chi connectivity index (χ0n) is 20.4. The summed E-state index contributed by atoms with van der Waals surface area (Å²) < 4.78 is 13.1. The largest absolute Gasteiger partial charge is 0.338 e. The smallest absolute Gasteiger partial charge is 0.245 e. The molecule has 1 fully saturated rings. The number of amides is 3. The fourth-order valence-electron chi connectivity index (χ4n) is 4.75. The van der Waals surface area contributed by atoms with E-state index in [0.717, 1.165) is 11.1 Å². The quantitative estimate of drug-likeness (QED) is 0.690. The van der Waals surface area contributed by atoms with Gasteiger partial charge in [-0.05, 0) is 41.3 Å². The van der Waals surface area contributed by atoms with Gasteiger partial charge in [-0.2, -0.15) is 0 Å². The molecule has 4 rings (SSSR count). The van der Waals surface area contributed by atoms with Gasteiger partial charge in [0, 0.05) is 51.3 Å². The summed E-state index contributed by atoms with van der Waals surface area (Å²) in [6.07, 6.45) is 0.946. The van der Waals surface area contributed by atoms with Gasteiger partial charge in [0.25, 0.3) is 0 Å². The van der Waals surface area contributed by atoms with Crippen LogP contribution in [-0.2, 0) is 27.3 Å². The van der Waals surface area contributed by atoms with Crippen LogP contribution in [0.1, 0.15) is 31.4 Å². The lowest BCUT2D eigenvalue weighted by atomic mass is 9.92. The number of rotatable bonds is 6. The van der Waals surface area contributed by atoms with Crippen molar-refractivity contribution in [1.29, 1.82) is 0 Å². The second-order valence-electron chi connectivity index (χ2n) is 9.76. The summed E-state index contributed by atoms with van der Waals surface area (Å²) in [5.74, 6) is -0.309. The number of fused-ring (bicyclic) bond motifs is 1. The molecule has 0 aromatic heterocycles. The molecular formula is C27H33FN4O3. The van der Waals surface area contributed by atoms with E-state index in [2.05, 4.69) is 5.32 Å². The van der Waals surface area contributed by atoms with Crippen molar-refractivity contribution >= 4 is 23.4 Å². The first kappa shape index (κ1) is 24.9. The van der Waals surface area contributed by atoms with Gasteiger partial charge in [0.1, 0.15) is 11.9 Å². The minimum absolute atomic E-state index is 0.0175. The lowest BCUT2D eigenvalue weighted by molar-refractivity contribution is -0.148.